The second kappa shape index (κ2) is 8.16. The third-order valence-corrected chi connectivity index (χ3v) is 6.53. The molecule has 3 aromatic heterocycles. The van der Waals surface area contributed by atoms with Gasteiger partial charge in [-0.1, -0.05) is 0 Å². The van der Waals surface area contributed by atoms with Crippen LogP contribution in [0.4, 0.5) is 8.78 Å². The minimum atomic E-state index is -1.29. The number of aromatic nitrogens is 6. The zero-order valence-corrected chi connectivity index (χ0v) is 18.9. The maximum absolute atomic E-state index is 14.8. The van der Waals surface area contributed by atoms with Gasteiger partial charge < -0.3 is 4.74 Å². The van der Waals surface area contributed by atoms with Gasteiger partial charge in [0.25, 0.3) is 0 Å². The summed E-state index contributed by atoms with van der Waals surface area (Å²) in [6.07, 6.45) is 5.43. The van der Waals surface area contributed by atoms with Gasteiger partial charge in [0.05, 0.1) is 31.1 Å². The lowest BCUT2D eigenvalue weighted by Gasteiger charge is -2.28. The van der Waals surface area contributed by atoms with Gasteiger partial charge in [-0.15, -0.1) is 0 Å². The van der Waals surface area contributed by atoms with E-state index < -0.39 is 17.7 Å². The van der Waals surface area contributed by atoms with E-state index in [4.69, 9.17) is 16.1 Å². The average molecular weight is 464 g/mol. The second-order valence-corrected chi connectivity index (χ2v) is 9.02. The van der Waals surface area contributed by atoms with Crippen LogP contribution in [-0.4, -0.2) is 36.3 Å². The van der Waals surface area contributed by atoms with Crippen LogP contribution in [0.3, 0.4) is 0 Å². The number of halogens is 2. The molecule has 34 heavy (non-hydrogen) atoms. The monoisotopic (exact) mass is 463 g/mol. The summed E-state index contributed by atoms with van der Waals surface area (Å²) in [5.41, 5.74) is 3.20. The molecule has 4 aromatic rings. The molecular formula is C25H24F2N6O. The summed E-state index contributed by atoms with van der Waals surface area (Å²) >= 11 is 0. The third kappa shape index (κ3) is 3.83. The molecular weight excluding hydrogens is 438 g/mol. The summed E-state index contributed by atoms with van der Waals surface area (Å²) in [5, 5.41) is 4.42. The molecule has 2 aliphatic rings. The van der Waals surface area contributed by atoms with Gasteiger partial charge in [-0.3, -0.25) is 4.68 Å². The van der Waals surface area contributed by atoms with E-state index in [1.54, 1.807) is 6.20 Å². The highest BCUT2D eigenvalue weighted by atomic mass is 19.1. The van der Waals surface area contributed by atoms with Crippen molar-refractivity contribution < 1.29 is 14.9 Å². The Morgan fingerprint density at radius 3 is 2.68 bits per heavy atom. The number of hydrogen-bond acceptors (Lipinski definition) is 6. The van der Waals surface area contributed by atoms with Crippen molar-refractivity contribution in [1.82, 2.24) is 29.7 Å². The molecule has 0 bridgehead atoms. The lowest BCUT2D eigenvalue weighted by molar-refractivity contribution is 0.00396. The second-order valence-electron chi connectivity index (χ2n) is 9.02. The van der Waals surface area contributed by atoms with Gasteiger partial charge in [-0.2, -0.15) is 5.10 Å². The Morgan fingerprint density at radius 1 is 1.06 bits per heavy atom. The Labute approximate surface area is 196 Å². The first-order valence-corrected chi connectivity index (χ1v) is 11.5. The van der Waals surface area contributed by atoms with Crippen molar-refractivity contribution >= 4 is 11.2 Å². The van der Waals surface area contributed by atoms with Crippen molar-refractivity contribution in [2.45, 2.75) is 57.6 Å². The molecule has 174 valence electrons. The highest BCUT2D eigenvalue weighted by molar-refractivity contribution is 5.87. The quantitative estimate of drug-likeness (QED) is 0.417. The number of ether oxygens (including phenoxy) is 1. The Balaban J connectivity index is 1.44. The van der Waals surface area contributed by atoms with Crippen molar-refractivity contribution in [3.05, 3.63) is 65.0 Å². The van der Waals surface area contributed by atoms with Crippen molar-refractivity contribution in [2.75, 3.05) is 6.61 Å². The van der Waals surface area contributed by atoms with Gasteiger partial charge in [0, 0.05) is 35.9 Å². The Hall–Kier alpha value is -3.33. The Bertz CT molecular complexity index is 1460. The summed E-state index contributed by atoms with van der Waals surface area (Å²) in [6, 6.07) is 3.80. The number of benzene rings is 1. The lowest BCUT2D eigenvalue weighted by atomic mass is 9.92. The molecule has 2 unspecified atom stereocenters. The molecule has 0 N–H and O–H groups in total. The SMILES string of the molecule is [2H]C1(c2cnn(C3CC3)c2)CC(c2nc(-c3ccc(F)cc3F)c3nc(C)c(C)nc3n2)CCO1. The summed E-state index contributed by atoms with van der Waals surface area (Å²) in [7, 11) is 0. The fourth-order valence-electron chi connectivity index (χ4n) is 4.33. The van der Waals surface area contributed by atoms with Crippen molar-refractivity contribution in [2.24, 2.45) is 0 Å². The molecule has 0 amide bonds. The van der Waals surface area contributed by atoms with Crippen molar-refractivity contribution in [3.8, 4) is 11.3 Å². The predicted molar refractivity (Wildman–Crippen MR) is 121 cm³/mol. The van der Waals surface area contributed by atoms with E-state index in [0.717, 1.165) is 18.9 Å². The molecule has 2 atom stereocenters. The number of nitrogens with zero attached hydrogens (tertiary/aromatic N) is 6. The first kappa shape index (κ1) is 20.1. The van der Waals surface area contributed by atoms with E-state index >= 15 is 0 Å². The molecule has 1 saturated heterocycles. The van der Waals surface area contributed by atoms with Crippen LogP contribution < -0.4 is 0 Å². The van der Waals surface area contributed by atoms with Gasteiger partial charge >= 0.3 is 0 Å². The van der Waals surface area contributed by atoms with Gasteiger partial charge in [0.15, 0.2) is 5.65 Å². The van der Waals surface area contributed by atoms with Crippen LogP contribution in [0.1, 0.15) is 67.9 Å². The zero-order chi connectivity index (χ0) is 24.3. The first-order valence-electron chi connectivity index (χ1n) is 12.0. The minimum absolute atomic E-state index is 0.132. The number of hydrogen-bond donors (Lipinski definition) is 0. The molecule has 0 spiro atoms. The zero-order valence-electron chi connectivity index (χ0n) is 19.9. The summed E-state index contributed by atoms with van der Waals surface area (Å²) in [4.78, 5) is 18.6. The fraction of sp³-hybridized carbons (Fsp3) is 0.400. The molecule has 1 aliphatic heterocycles. The van der Waals surface area contributed by atoms with Crippen molar-refractivity contribution in [3.63, 3.8) is 0 Å². The molecule has 2 fully saturated rings. The van der Waals surface area contributed by atoms with Crippen LogP contribution in [0.2, 0.25) is 0 Å². The summed E-state index contributed by atoms with van der Waals surface area (Å²) in [6.45, 7) is 4.00. The van der Waals surface area contributed by atoms with E-state index in [-0.39, 0.29) is 17.2 Å². The van der Waals surface area contributed by atoms with E-state index in [9.17, 15) is 8.78 Å². The number of rotatable bonds is 4. The number of fused-ring (bicyclic) bond motifs is 1. The van der Waals surface area contributed by atoms with Gasteiger partial charge in [-0.05, 0) is 51.7 Å². The van der Waals surface area contributed by atoms with Crippen molar-refractivity contribution in [1.29, 1.82) is 0 Å². The standard InChI is InChI=1S/C25H24F2N6O/c1-13-14(2)30-25-23(29-13)22(19-6-3-17(26)10-20(19)27)31-24(32-25)15-7-8-34-21(9-15)16-11-28-33(12-16)18-4-5-18/h3,6,10-12,15,18,21H,4-5,7-9H2,1-2H3/i21D. The maximum Gasteiger partial charge on any atom is 0.182 e. The molecule has 1 aliphatic carbocycles. The smallest absolute Gasteiger partial charge is 0.182 e. The van der Waals surface area contributed by atoms with E-state index in [2.05, 4.69) is 15.1 Å². The average Bonchev–Trinajstić information content (AvgIpc) is 3.55. The Morgan fingerprint density at radius 2 is 1.88 bits per heavy atom. The predicted octanol–water partition coefficient (Wildman–Crippen LogP) is 5.15. The van der Waals surface area contributed by atoms with E-state index in [1.165, 1.54) is 12.1 Å². The molecule has 7 nitrogen and oxygen atoms in total. The minimum Gasteiger partial charge on any atom is -0.373 e. The Kier molecular flexibility index (Phi) is 4.82. The molecule has 9 heteroatoms. The van der Waals surface area contributed by atoms with Crippen LogP contribution in [-0.2, 0) is 4.74 Å². The van der Waals surface area contributed by atoms with Gasteiger partial charge in [-0.25, -0.2) is 28.7 Å². The van der Waals surface area contributed by atoms with Crippen LogP contribution in [0.5, 0.6) is 0 Å². The van der Waals surface area contributed by atoms with Crippen LogP contribution >= 0.6 is 0 Å². The molecule has 6 rings (SSSR count). The van der Waals surface area contributed by atoms with Crippen LogP contribution in [0.15, 0.2) is 30.6 Å². The first-order chi connectivity index (χ1) is 16.8. The van der Waals surface area contributed by atoms with Crippen LogP contribution in [0.25, 0.3) is 22.4 Å². The van der Waals surface area contributed by atoms with E-state index in [1.807, 2.05) is 24.7 Å². The normalized spacial score (nSPS) is 23.3. The maximum atomic E-state index is 14.8. The third-order valence-electron chi connectivity index (χ3n) is 6.53. The largest absolute Gasteiger partial charge is 0.373 e. The highest BCUT2D eigenvalue weighted by Crippen LogP contribution is 2.40. The molecule has 1 saturated carbocycles. The highest BCUT2D eigenvalue weighted by Gasteiger charge is 2.31. The molecule has 0 radical (unpaired) electrons. The van der Waals surface area contributed by atoms with Crippen LogP contribution in [0, 0.1) is 25.5 Å². The lowest BCUT2D eigenvalue weighted by Crippen LogP contribution is -2.20. The molecule has 1 aromatic carbocycles. The summed E-state index contributed by atoms with van der Waals surface area (Å²) < 4.78 is 45.3. The summed E-state index contributed by atoms with van der Waals surface area (Å²) in [5.74, 6) is -1.17. The van der Waals surface area contributed by atoms with Gasteiger partial charge in [0.1, 0.15) is 28.7 Å². The topological polar surface area (TPSA) is 78.6 Å². The van der Waals surface area contributed by atoms with E-state index in [0.29, 0.717) is 59.4 Å². The van der Waals surface area contributed by atoms with Gasteiger partial charge in [0.2, 0.25) is 0 Å². The number of aryl methyl sites for hydroxylation is 2. The molecule has 4 heterocycles. The fourth-order valence-corrected chi connectivity index (χ4v) is 4.33.